The van der Waals surface area contributed by atoms with Crippen LogP contribution in [0.5, 0.6) is 0 Å². The van der Waals surface area contributed by atoms with E-state index in [9.17, 15) is 19.5 Å². The van der Waals surface area contributed by atoms with Crippen molar-refractivity contribution in [3.05, 3.63) is 16.0 Å². The molecule has 0 aliphatic heterocycles. The lowest BCUT2D eigenvalue weighted by atomic mass is 10.1. The van der Waals surface area contributed by atoms with Gasteiger partial charge >= 0.3 is 5.97 Å². The molecule has 1 heterocycles. The van der Waals surface area contributed by atoms with Gasteiger partial charge in [0.25, 0.3) is 0 Å². The molecule has 0 bridgehead atoms. The van der Waals surface area contributed by atoms with Gasteiger partial charge in [-0.1, -0.05) is 13.8 Å². The molecular weight excluding hydrogens is 316 g/mol. The molecule has 128 valence electrons. The minimum absolute atomic E-state index is 0.0638. The topological polar surface area (TPSA) is 95.5 Å². The number of hydrogen-bond donors (Lipinski definition) is 3. The van der Waals surface area contributed by atoms with E-state index in [1.54, 1.807) is 0 Å². The SMILES string of the molecule is CCCNC(=O)CCCC(=O)Nc1sc(C)c(CC)c1C(=O)O. The maximum Gasteiger partial charge on any atom is 0.339 e. The number of aryl methyl sites for hydroxylation is 1. The van der Waals surface area contributed by atoms with Crippen LogP contribution < -0.4 is 10.6 Å². The van der Waals surface area contributed by atoms with Crippen LogP contribution in [0, 0.1) is 6.92 Å². The number of rotatable bonds is 9. The van der Waals surface area contributed by atoms with E-state index < -0.39 is 5.97 Å². The molecule has 0 saturated carbocycles. The fourth-order valence-corrected chi connectivity index (χ4v) is 3.42. The smallest absolute Gasteiger partial charge is 0.339 e. The van der Waals surface area contributed by atoms with Gasteiger partial charge in [0, 0.05) is 24.3 Å². The van der Waals surface area contributed by atoms with E-state index in [4.69, 9.17) is 0 Å². The number of aromatic carboxylic acids is 1. The predicted molar refractivity (Wildman–Crippen MR) is 91.2 cm³/mol. The molecule has 0 fully saturated rings. The minimum Gasteiger partial charge on any atom is -0.478 e. The molecule has 0 unspecified atom stereocenters. The molecule has 0 saturated heterocycles. The molecule has 2 amide bonds. The van der Waals surface area contributed by atoms with E-state index in [0.29, 0.717) is 30.8 Å². The molecule has 0 radical (unpaired) electrons. The molecule has 1 aromatic heterocycles. The van der Waals surface area contributed by atoms with E-state index in [1.165, 1.54) is 11.3 Å². The zero-order chi connectivity index (χ0) is 17.4. The van der Waals surface area contributed by atoms with Crippen molar-refractivity contribution < 1.29 is 19.5 Å². The molecule has 0 aromatic carbocycles. The van der Waals surface area contributed by atoms with E-state index in [2.05, 4.69) is 10.6 Å². The lowest BCUT2D eigenvalue weighted by Crippen LogP contribution is -2.24. The van der Waals surface area contributed by atoms with Crippen molar-refractivity contribution in [2.75, 3.05) is 11.9 Å². The highest BCUT2D eigenvalue weighted by Crippen LogP contribution is 2.33. The van der Waals surface area contributed by atoms with Gasteiger partial charge in [-0.3, -0.25) is 9.59 Å². The van der Waals surface area contributed by atoms with Crippen LogP contribution in [0.1, 0.15) is 60.3 Å². The summed E-state index contributed by atoms with van der Waals surface area (Å²) in [4.78, 5) is 35.7. The van der Waals surface area contributed by atoms with Crippen LogP contribution in [-0.2, 0) is 16.0 Å². The summed E-state index contributed by atoms with van der Waals surface area (Å²) in [6.07, 6.45) is 2.41. The van der Waals surface area contributed by atoms with Crippen molar-refractivity contribution in [1.82, 2.24) is 5.32 Å². The van der Waals surface area contributed by atoms with Crippen LogP contribution in [0.15, 0.2) is 0 Å². The van der Waals surface area contributed by atoms with Gasteiger partial charge in [0.15, 0.2) is 0 Å². The van der Waals surface area contributed by atoms with Gasteiger partial charge in [-0.25, -0.2) is 4.79 Å². The summed E-state index contributed by atoms with van der Waals surface area (Å²) in [6, 6.07) is 0. The Balaban J connectivity index is 2.58. The first-order valence-corrected chi connectivity index (χ1v) is 8.64. The fraction of sp³-hybridized carbons (Fsp3) is 0.562. The predicted octanol–water partition coefficient (Wildman–Crippen LogP) is 2.95. The van der Waals surface area contributed by atoms with Crippen molar-refractivity contribution in [3.63, 3.8) is 0 Å². The zero-order valence-electron chi connectivity index (χ0n) is 13.8. The summed E-state index contributed by atoms with van der Waals surface area (Å²) >= 11 is 1.28. The highest BCUT2D eigenvalue weighted by atomic mass is 32.1. The molecule has 0 aliphatic rings. The average Bonchev–Trinajstić information content (AvgIpc) is 2.80. The second-order valence-electron chi connectivity index (χ2n) is 5.25. The van der Waals surface area contributed by atoms with Crippen molar-refractivity contribution in [2.24, 2.45) is 0 Å². The highest BCUT2D eigenvalue weighted by molar-refractivity contribution is 7.16. The van der Waals surface area contributed by atoms with Gasteiger partial charge in [0.05, 0.1) is 5.56 Å². The second kappa shape index (κ2) is 9.29. The Labute approximate surface area is 140 Å². The van der Waals surface area contributed by atoms with Crippen LogP contribution in [0.3, 0.4) is 0 Å². The number of carbonyl (C=O) groups excluding carboxylic acids is 2. The molecule has 3 N–H and O–H groups in total. The molecule has 7 heteroatoms. The molecule has 23 heavy (non-hydrogen) atoms. The number of thiophene rings is 1. The van der Waals surface area contributed by atoms with Crippen molar-refractivity contribution in [2.45, 2.75) is 52.9 Å². The fourth-order valence-electron chi connectivity index (χ4n) is 2.27. The van der Waals surface area contributed by atoms with Gasteiger partial charge in [-0.2, -0.15) is 0 Å². The summed E-state index contributed by atoms with van der Waals surface area (Å²) in [6.45, 7) is 6.36. The Morgan fingerprint density at radius 2 is 1.78 bits per heavy atom. The minimum atomic E-state index is -1.03. The van der Waals surface area contributed by atoms with Crippen molar-refractivity contribution >= 4 is 34.1 Å². The molecule has 1 aromatic rings. The van der Waals surface area contributed by atoms with Gasteiger partial charge in [-0.15, -0.1) is 11.3 Å². The largest absolute Gasteiger partial charge is 0.478 e. The first kappa shape index (κ1) is 19.2. The number of carboxylic acids is 1. The zero-order valence-corrected chi connectivity index (χ0v) is 14.6. The van der Waals surface area contributed by atoms with E-state index in [1.807, 2.05) is 20.8 Å². The first-order chi connectivity index (χ1) is 10.9. The van der Waals surface area contributed by atoms with Crippen molar-refractivity contribution in [1.29, 1.82) is 0 Å². The van der Waals surface area contributed by atoms with E-state index in [-0.39, 0.29) is 23.8 Å². The van der Waals surface area contributed by atoms with Gasteiger partial charge in [0.2, 0.25) is 11.8 Å². The summed E-state index contributed by atoms with van der Waals surface area (Å²) in [5.41, 5.74) is 0.945. The van der Waals surface area contributed by atoms with Crippen LogP contribution in [0.25, 0.3) is 0 Å². The second-order valence-corrected chi connectivity index (χ2v) is 6.48. The molecule has 0 spiro atoms. The molecular formula is C16H24N2O4S. The lowest BCUT2D eigenvalue weighted by molar-refractivity contribution is -0.121. The third-order valence-corrected chi connectivity index (χ3v) is 4.47. The molecule has 6 nitrogen and oxygen atoms in total. The quantitative estimate of drug-likeness (QED) is 0.644. The number of hydrogen-bond acceptors (Lipinski definition) is 4. The molecule has 0 atom stereocenters. The molecule has 1 rings (SSSR count). The van der Waals surface area contributed by atoms with Crippen LogP contribution in [0.4, 0.5) is 5.00 Å². The Morgan fingerprint density at radius 3 is 2.35 bits per heavy atom. The van der Waals surface area contributed by atoms with Gasteiger partial charge in [-0.05, 0) is 31.7 Å². The number of amides is 2. The van der Waals surface area contributed by atoms with Crippen LogP contribution >= 0.6 is 11.3 Å². The third kappa shape index (κ3) is 5.67. The summed E-state index contributed by atoms with van der Waals surface area (Å²) in [7, 11) is 0. The highest BCUT2D eigenvalue weighted by Gasteiger charge is 2.21. The summed E-state index contributed by atoms with van der Waals surface area (Å²) < 4.78 is 0. The standard InChI is InChI=1S/C16H24N2O4S/c1-4-9-17-12(19)7-6-8-13(20)18-15-14(16(21)22)11(5-2)10(3)23-15/h4-9H2,1-3H3,(H,17,19)(H,18,20)(H,21,22). The summed E-state index contributed by atoms with van der Waals surface area (Å²) in [5.74, 6) is -1.36. The average molecular weight is 340 g/mol. The maximum absolute atomic E-state index is 12.0. The normalized spacial score (nSPS) is 10.4. The number of carbonyl (C=O) groups is 3. The van der Waals surface area contributed by atoms with E-state index >= 15 is 0 Å². The van der Waals surface area contributed by atoms with Crippen LogP contribution in [-0.4, -0.2) is 29.4 Å². The first-order valence-electron chi connectivity index (χ1n) is 7.82. The number of carboxylic acid groups (broad SMARTS) is 1. The maximum atomic E-state index is 12.0. The Bertz CT molecular complexity index is 581. The monoisotopic (exact) mass is 340 g/mol. The van der Waals surface area contributed by atoms with E-state index in [0.717, 1.165) is 16.9 Å². The lowest BCUT2D eigenvalue weighted by Gasteiger charge is -2.06. The van der Waals surface area contributed by atoms with Gasteiger partial charge in [0.1, 0.15) is 5.00 Å². The summed E-state index contributed by atoms with van der Waals surface area (Å²) in [5, 5.41) is 15.1. The van der Waals surface area contributed by atoms with Gasteiger partial charge < -0.3 is 15.7 Å². The Kier molecular flexibility index (Phi) is 7.74. The van der Waals surface area contributed by atoms with Crippen molar-refractivity contribution in [3.8, 4) is 0 Å². The number of nitrogens with one attached hydrogen (secondary N) is 2. The Hall–Kier alpha value is -1.89. The molecule has 0 aliphatic carbocycles. The number of anilines is 1. The third-order valence-electron chi connectivity index (χ3n) is 3.41. The Morgan fingerprint density at radius 1 is 1.13 bits per heavy atom. The van der Waals surface area contributed by atoms with Crippen LogP contribution in [0.2, 0.25) is 0 Å².